The van der Waals surface area contributed by atoms with Gasteiger partial charge >= 0.3 is 11.9 Å². The lowest BCUT2D eigenvalue weighted by atomic mass is 9.83. The van der Waals surface area contributed by atoms with Crippen LogP contribution in [-0.2, 0) is 20.4 Å². The van der Waals surface area contributed by atoms with Crippen LogP contribution in [0.2, 0.25) is 0 Å². The maximum absolute atomic E-state index is 13.6. The quantitative estimate of drug-likeness (QED) is 0.193. The molecule has 5 rings (SSSR count). The van der Waals surface area contributed by atoms with E-state index in [0.29, 0.717) is 12.2 Å². The highest BCUT2D eigenvalue weighted by Gasteiger charge is 2.52. The maximum atomic E-state index is 13.6. The molecule has 35 heavy (non-hydrogen) atoms. The first-order valence-electron chi connectivity index (χ1n) is 12.5. The monoisotopic (exact) mass is 470 g/mol. The van der Waals surface area contributed by atoms with Crippen molar-refractivity contribution in [1.82, 2.24) is 0 Å². The summed E-state index contributed by atoms with van der Waals surface area (Å²) in [5.41, 5.74) is 2.28. The summed E-state index contributed by atoms with van der Waals surface area (Å²) in [5, 5.41) is 13.6. The van der Waals surface area contributed by atoms with Gasteiger partial charge < -0.3 is 9.84 Å². The second-order valence-corrected chi connectivity index (χ2v) is 12.3. The molecular weight excluding hydrogens is 436 g/mol. The maximum Gasteiger partial charge on any atom is 0.315 e. The van der Waals surface area contributed by atoms with Crippen LogP contribution in [0.4, 0.5) is 0 Å². The summed E-state index contributed by atoms with van der Waals surface area (Å²) in [7, 11) is 0. The molecule has 0 aromatic heterocycles. The fourth-order valence-electron chi connectivity index (χ4n) is 5.77. The van der Waals surface area contributed by atoms with Gasteiger partial charge in [-0.25, -0.2) is 0 Å². The van der Waals surface area contributed by atoms with E-state index >= 15 is 0 Å². The fourth-order valence-corrected chi connectivity index (χ4v) is 5.77. The van der Waals surface area contributed by atoms with Crippen LogP contribution in [0.3, 0.4) is 0 Å². The number of benzene rings is 3. The first-order valence-corrected chi connectivity index (χ1v) is 12.5. The SMILES string of the molecule is CC(C)(C)c1ccc2c(OC(=O)C3C4C=CC(C4)C3C(=O)O)c3cc(C(C)(C)C)ccc3cc2c1. The number of esters is 1. The predicted molar refractivity (Wildman–Crippen MR) is 140 cm³/mol. The van der Waals surface area contributed by atoms with E-state index in [1.165, 1.54) is 5.56 Å². The van der Waals surface area contributed by atoms with E-state index in [4.69, 9.17) is 4.74 Å². The molecule has 4 unspecified atom stereocenters. The molecule has 4 heteroatoms. The first-order chi connectivity index (χ1) is 16.3. The van der Waals surface area contributed by atoms with Gasteiger partial charge in [-0.15, -0.1) is 0 Å². The molecule has 2 aliphatic rings. The van der Waals surface area contributed by atoms with Gasteiger partial charge in [-0.05, 0) is 63.1 Å². The number of carboxylic acids is 1. The third-order valence-corrected chi connectivity index (χ3v) is 7.86. The van der Waals surface area contributed by atoms with Gasteiger partial charge in [0, 0.05) is 10.8 Å². The Labute approximate surface area is 207 Å². The molecule has 0 amide bonds. The number of carbonyl (C=O) groups excluding carboxylic acids is 1. The summed E-state index contributed by atoms with van der Waals surface area (Å²) in [6, 6.07) is 14.8. The number of carboxylic acid groups (broad SMARTS) is 1. The van der Waals surface area contributed by atoms with Crippen molar-refractivity contribution >= 4 is 33.5 Å². The van der Waals surface area contributed by atoms with Crippen molar-refractivity contribution < 1.29 is 19.4 Å². The molecule has 2 aliphatic carbocycles. The summed E-state index contributed by atoms with van der Waals surface area (Å²) < 4.78 is 6.21. The van der Waals surface area contributed by atoms with Crippen LogP contribution in [0.25, 0.3) is 21.5 Å². The van der Waals surface area contributed by atoms with Gasteiger partial charge in [0.1, 0.15) is 5.75 Å². The van der Waals surface area contributed by atoms with Gasteiger partial charge in [-0.2, -0.15) is 0 Å². The van der Waals surface area contributed by atoms with Crippen molar-refractivity contribution in [1.29, 1.82) is 0 Å². The van der Waals surface area contributed by atoms with E-state index < -0.39 is 23.8 Å². The third-order valence-electron chi connectivity index (χ3n) is 7.86. The lowest BCUT2D eigenvalue weighted by molar-refractivity contribution is -0.152. The largest absolute Gasteiger partial charge is 0.481 e. The van der Waals surface area contributed by atoms with E-state index in [2.05, 4.69) is 77.9 Å². The fraction of sp³-hybridized carbons (Fsp3) is 0.419. The van der Waals surface area contributed by atoms with Crippen molar-refractivity contribution in [2.45, 2.75) is 58.8 Å². The van der Waals surface area contributed by atoms with Crippen molar-refractivity contribution in [2.24, 2.45) is 23.7 Å². The van der Waals surface area contributed by atoms with Gasteiger partial charge in [-0.1, -0.05) is 84.0 Å². The highest BCUT2D eigenvalue weighted by atomic mass is 16.5. The van der Waals surface area contributed by atoms with E-state index in [0.717, 1.165) is 27.1 Å². The van der Waals surface area contributed by atoms with Crippen LogP contribution in [0.1, 0.15) is 59.1 Å². The molecule has 4 atom stereocenters. The second kappa shape index (κ2) is 7.94. The number of ether oxygens (including phenoxy) is 1. The predicted octanol–water partition coefficient (Wildman–Crippen LogP) is 7.02. The van der Waals surface area contributed by atoms with Crippen LogP contribution < -0.4 is 4.74 Å². The number of allylic oxidation sites excluding steroid dienone is 2. The minimum atomic E-state index is -0.920. The Morgan fingerprint density at radius 3 is 2.00 bits per heavy atom. The molecule has 0 spiro atoms. The average molecular weight is 471 g/mol. The zero-order valence-corrected chi connectivity index (χ0v) is 21.4. The Hall–Kier alpha value is -3.14. The molecule has 1 saturated carbocycles. The van der Waals surface area contributed by atoms with Crippen LogP contribution in [0.15, 0.2) is 54.6 Å². The van der Waals surface area contributed by atoms with E-state index in [1.54, 1.807) is 0 Å². The van der Waals surface area contributed by atoms with Crippen LogP contribution >= 0.6 is 0 Å². The Morgan fingerprint density at radius 2 is 1.37 bits per heavy atom. The van der Waals surface area contributed by atoms with Crippen LogP contribution in [0.5, 0.6) is 5.75 Å². The normalized spacial score (nSPS) is 23.8. The standard InChI is InChI=1S/C31H34O4/c1-30(2,3)21-11-12-23-20(15-21)13-17-9-10-22(31(4,5)6)16-24(17)27(23)35-29(34)26-19-8-7-18(14-19)25(26)28(32)33/h7-13,15-16,18-19,25-26H,14H2,1-6H3,(H,32,33). The van der Waals surface area contributed by atoms with Gasteiger partial charge in [-0.3, -0.25) is 9.59 Å². The Balaban J connectivity index is 1.68. The highest BCUT2D eigenvalue weighted by molar-refractivity contribution is 6.07. The molecular formula is C31H34O4. The molecule has 3 aromatic rings. The number of hydrogen-bond donors (Lipinski definition) is 1. The number of hydrogen-bond acceptors (Lipinski definition) is 3. The topological polar surface area (TPSA) is 63.6 Å². The number of aliphatic carboxylic acids is 1. The molecule has 1 fully saturated rings. The first kappa shape index (κ1) is 23.6. The summed E-state index contributed by atoms with van der Waals surface area (Å²) in [4.78, 5) is 25.6. The molecule has 0 radical (unpaired) electrons. The average Bonchev–Trinajstić information content (AvgIpc) is 3.38. The van der Waals surface area contributed by atoms with Crippen molar-refractivity contribution in [3.8, 4) is 5.75 Å². The lowest BCUT2D eigenvalue weighted by Gasteiger charge is -2.25. The third kappa shape index (κ3) is 4.03. The van der Waals surface area contributed by atoms with Crippen LogP contribution in [-0.4, -0.2) is 17.0 Å². The molecule has 3 aromatic carbocycles. The molecule has 1 N–H and O–H groups in total. The summed E-state index contributed by atoms with van der Waals surface area (Å²) in [6.07, 6.45) is 4.64. The zero-order valence-electron chi connectivity index (χ0n) is 21.4. The van der Waals surface area contributed by atoms with Gasteiger partial charge in [0.15, 0.2) is 0 Å². The number of fused-ring (bicyclic) bond motifs is 4. The van der Waals surface area contributed by atoms with Gasteiger partial charge in [0.05, 0.1) is 11.8 Å². The van der Waals surface area contributed by atoms with E-state index in [1.807, 2.05) is 18.2 Å². The van der Waals surface area contributed by atoms with E-state index in [9.17, 15) is 14.7 Å². The Morgan fingerprint density at radius 1 is 0.771 bits per heavy atom. The molecule has 0 saturated heterocycles. The zero-order chi connectivity index (χ0) is 25.3. The molecule has 0 aliphatic heterocycles. The van der Waals surface area contributed by atoms with Gasteiger partial charge in [0.2, 0.25) is 0 Å². The minimum Gasteiger partial charge on any atom is -0.481 e. The van der Waals surface area contributed by atoms with Crippen molar-refractivity contribution in [3.63, 3.8) is 0 Å². The van der Waals surface area contributed by atoms with Crippen molar-refractivity contribution in [3.05, 3.63) is 65.7 Å². The number of rotatable bonds is 3. The summed E-state index contributed by atoms with van der Waals surface area (Å²) in [5.74, 6) is -2.39. The number of carbonyl (C=O) groups is 2. The molecule has 2 bridgehead atoms. The molecule has 182 valence electrons. The second-order valence-electron chi connectivity index (χ2n) is 12.3. The molecule has 4 nitrogen and oxygen atoms in total. The smallest absolute Gasteiger partial charge is 0.315 e. The Bertz CT molecular complexity index is 1380. The van der Waals surface area contributed by atoms with Crippen LogP contribution in [0, 0.1) is 23.7 Å². The highest BCUT2D eigenvalue weighted by Crippen LogP contribution is 2.49. The minimum absolute atomic E-state index is 0.0137. The molecule has 0 heterocycles. The summed E-state index contributed by atoms with van der Waals surface area (Å²) >= 11 is 0. The van der Waals surface area contributed by atoms with E-state index in [-0.39, 0.29) is 22.7 Å². The Kier molecular flexibility index (Phi) is 5.35. The van der Waals surface area contributed by atoms with Gasteiger partial charge in [0.25, 0.3) is 0 Å². The summed E-state index contributed by atoms with van der Waals surface area (Å²) in [6.45, 7) is 13.0. The lowest BCUT2D eigenvalue weighted by Crippen LogP contribution is -2.35. The van der Waals surface area contributed by atoms with Crippen molar-refractivity contribution in [2.75, 3.05) is 0 Å².